The van der Waals surface area contributed by atoms with E-state index in [9.17, 15) is 17.6 Å². The molecule has 128 valence electrons. The second-order valence-corrected chi connectivity index (χ2v) is 7.34. The smallest absolute Gasteiger partial charge is 0.337 e. The molecule has 0 saturated heterocycles. The van der Waals surface area contributed by atoms with Gasteiger partial charge in [0.1, 0.15) is 10.7 Å². The summed E-state index contributed by atoms with van der Waals surface area (Å²) in [5.41, 5.74) is 2.02. The SMILES string of the molecule is COC(=O)c1ccc(F)c(S(=O)(=O)N(C)c2cc(C)ccc2C)c1. The van der Waals surface area contributed by atoms with Crippen LogP contribution in [-0.4, -0.2) is 28.5 Å². The van der Waals surface area contributed by atoms with Gasteiger partial charge in [0, 0.05) is 7.05 Å². The van der Waals surface area contributed by atoms with E-state index in [0.29, 0.717) is 5.69 Å². The predicted molar refractivity (Wildman–Crippen MR) is 89.2 cm³/mol. The average molecular weight is 351 g/mol. The summed E-state index contributed by atoms with van der Waals surface area (Å²) < 4.78 is 45.3. The van der Waals surface area contributed by atoms with Crippen molar-refractivity contribution in [2.24, 2.45) is 0 Å². The lowest BCUT2D eigenvalue weighted by Gasteiger charge is -2.22. The van der Waals surface area contributed by atoms with Crippen molar-refractivity contribution in [2.45, 2.75) is 18.7 Å². The van der Waals surface area contributed by atoms with Gasteiger partial charge in [0.15, 0.2) is 0 Å². The van der Waals surface area contributed by atoms with Crippen LogP contribution in [0.1, 0.15) is 21.5 Å². The number of hydrogen-bond donors (Lipinski definition) is 0. The molecule has 0 saturated carbocycles. The molecule has 0 spiro atoms. The fourth-order valence-corrected chi connectivity index (χ4v) is 3.62. The molecule has 0 atom stereocenters. The van der Waals surface area contributed by atoms with E-state index in [4.69, 9.17) is 0 Å². The van der Waals surface area contributed by atoms with Gasteiger partial charge in [-0.3, -0.25) is 4.31 Å². The van der Waals surface area contributed by atoms with Crippen LogP contribution in [-0.2, 0) is 14.8 Å². The van der Waals surface area contributed by atoms with Crippen molar-refractivity contribution in [1.82, 2.24) is 0 Å². The number of benzene rings is 2. The molecule has 0 aliphatic heterocycles. The molecule has 2 aromatic carbocycles. The number of hydrogen-bond acceptors (Lipinski definition) is 4. The third-order valence-corrected chi connectivity index (χ3v) is 5.48. The van der Waals surface area contributed by atoms with Crippen LogP contribution in [0.3, 0.4) is 0 Å². The Balaban J connectivity index is 2.58. The van der Waals surface area contributed by atoms with Crippen molar-refractivity contribution in [3.05, 3.63) is 58.9 Å². The Labute approximate surface area is 140 Å². The fourth-order valence-electron chi connectivity index (χ4n) is 2.28. The minimum atomic E-state index is -4.18. The molecule has 0 amide bonds. The van der Waals surface area contributed by atoms with Crippen molar-refractivity contribution in [2.75, 3.05) is 18.5 Å². The van der Waals surface area contributed by atoms with Crippen molar-refractivity contribution in [3.63, 3.8) is 0 Å². The number of sulfonamides is 1. The van der Waals surface area contributed by atoms with Crippen molar-refractivity contribution >= 4 is 21.7 Å². The number of methoxy groups -OCH3 is 1. The second-order valence-electron chi connectivity index (χ2n) is 5.40. The molecule has 0 unspecified atom stereocenters. The molecule has 0 fully saturated rings. The van der Waals surface area contributed by atoms with Crippen LogP contribution in [0, 0.1) is 19.7 Å². The molecule has 5 nitrogen and oxygen atoms in total. The first-order chi connectivity index (χ1) is 11.2. The molecule has 0 aliphatic carbocycles. The number of nitrogens with zero attached hydrogens (tertiary/aromatic N) is 1. The molecular formula is C17H18FNO4S. The normalized spacial score (nSPS) is 11.2. The summed E-state index contributed by atoms with van der Waals surface area (Å²) in [6, 6.07) is 8.46. The molecule has 0 radical (unpaired) electrons. The lowest BCUT2D eigenvalue weighted by molar-refractivity contribution is 0.0600. The van der Waals surface area contributed by atoms with Gasteiger partial charge in [-0.25, -0.2) is 17.6 Å². The van der Waals surface area contributed by atoms with E-state index < -0.39 is 26.7 Å². The Morgan fingerprint density at radius 3 is 2.42 bits per heavy atom. The zero-order valence-electron chi connectivity index (χ0n) is 13.8. The Kier molecular flexibility index (Phi) is 4.94. The first-order valence-electron chi connectivity index (χ1n) is 7.12. The highest BCUT2D eigenvalue weighted by Crippen LogP contribution is 2.28. The van der Waals surface area contributed by atoms with Crippen LogP contribution in [0.4, 0.5) is 10.1 Å². The van der Waals surface area contributed by atoms with Gasteiger partial charge in [-0.05, 0) is 49.2 Å². The Morgan fingerprint density at radius 2 is 1.79 bits per heavy atom. The van der Waals surface area contributed by atoms with Crippen LogP contribution < -0.4 is 4.31 Å². The lowest BCUT2D eigenvalue weighted by Crippen LogP contribution is -2.28. The minimum absolute atomic E-state index is 0.0353. The maximum Gasteiger partial charge on any atom is 0.337 e. The minimum Gasteiger partial charge on any atom is -0.465 e. The first-order valence-corrected chi connectivity index (χ1v) is 8.56. The molecule has 0 bridgehead atoms. The number of aryl methyl sites for hydroxylation is 2. The monoisotopic (exact) mass is 351 g/mol. The summed E-state index contributed by atoms with van der Waals surface area (Å²) in [6.07, 6.45) is 0. The molecule has 24 heavy (non-hydrogen) atoms. The number of anilines is 1. The molecule has 0 aromatic heterocycles. The van der Waals surface area contributed by atoms with Gasteiger partial charge in [-0.1, -0.05) is 12.1 Å². The summed E-state index contributed by atoms with van der Waals surface area (Å²) >= 11 is 0. The van der Waals surface area contributed by atoms with E-state index in [1.165, 1.54) is 20.2 Å². The lowest BCUT2D eigenvalue weighted by atomic mass is 10.1. The maximum atomic E-state index is 14.1. The van der Waals surface area contributed by atoms with Gasteiger partial charge in [0.2, 0.25) is 0 Å². The topological polar surface area (TPSA) is 63.7 Å². The molecule has 0 heterocycles. The van der Waals surface area contributed by atoms with E-state index in [0.717, 1.165) is 27.6 Å². The quantitative estimate of drug-likeness (QED) is 0.794. The summed E-state index contributed by atoms with van der Waals surface area (Å²) in [6.45, 7) is 3.60. The predicted octanol–water partition coefficient (Wildman–Crippen LogP) is 3.05. The van der Waals surface area contributed by atoms with Crippen molar-refractivity contribution < 1.29 is 22.3 Å². The van der Waals surface area contributed by atoms with Crippen LogP contribution in [0.15, 0.2) is 41.3 Å². The number of esters is 1. The number of ether oxygens (including phenoxy) is 1. The van der Waals surface area contributed by atoms with Gasteiger partial charge < -0.3 is 4.74 Å². The van der Waals surface area contributed by atoms with Gasteiger partial charge in [0.05, 0.1) is 18.4 Å². The average Bonchev–Trinajstić information content (AvgIpc) is 2.55. The summed E-state index contributed by atoms with van der Waals surface area (Å²) in [4.78, 5) is 11.0. The molecule has 2 aromatic rings. The summed E-state index contributed by atoms with van der Waals surface area (Å²) in [5, 5.41) is 0. The third kappa shape index (κ3) is 3.26. The van der Waals surface area contributed by atoms with Gasteiger partial charge in [-0.2, -0.15) is 0 Å². The number of carbonyl (C=O) groups is 1. The third-order valence-electron chi connectivity index (χ3n) is 3.69. The highest BCUT2D eigenvalue weighted by molar-refractivity contribution is 7.92. The van der Waals surface area contributed by atoms with Crippen molar-refractivity contribution in [3.8, 4) is 0 Å². The highest BCUT2D eigenvalue weighted by Gasteiger charge is 2.27. The molecule has 7 heteroatoms. The molecular weight excluding hydrogens is 333 g/mol. The Bertz CT molecular complexity index is 893. The van der Waals surface area contributed by atoms with Crippen molar-refractivity contribution in [1.29, 1.82) is 0 Å². The zero-order chi connectivity index (χ0) is 18.1. The van der Waals surface area contributed by atoms with Crippen LogP contribution in [0.2, 0.25) is 0 Å². The van der Waals surface area contributed by atoms with E-state index >= 15 is 0 Å². The fraction of sp³-hybridized carbons (Fsp3) is 0.235. The summed E-state index contributed by atoms with van der Waals surface area (Å²) in [7, 11) is -1.66. The van der Waals surface area contributed by atoms with Gasteiger partial charge >= 0.3 is 5.97 Å². The van der Waals surface area contributed by atoms with Crippen LogP contribution in [0.25, 0.3) is 0 Å². The van der Waals surface area contributed by atoms with Gasteiger partial charge in [-0.15, -0.1) is 0 Å². The molecule has 0 aliphatic rings. The van der Waals surface area contributed by atoms with Crippen LogP contribution in [0.5, 0.6) is 0 Å². The first kappa shape index (κ1) is 17.9. The molecule has 2 rings (SSSR count). The van der Waals surface area contributed by atoms with Crippen LogP contribution >= 0.6 is 0 Å². The second kappa shape index (κ2) is 6.60. The van der Waals surface area contributed by atoms with Gasteiger partial charge in [0.25, 0.3) is 10.0 Å². The summed E-state index contributed by atoms with van der Waals surface area (Å²) in [5.74, 6) is -1.67. The number of carbonyl (C=O) groups excluding carboxylic acids is 1. The van der Waals surface area contributed by atoms with E-state index in [-0.39, 0.29) is 5.56 Å². The Hall–Kier alpha value is -2.41. The maximum absolute atomic E-state index is 14.1. The van der Waals surface area contributed by atoms with E-state index in [2.05, 4.69) is 4.74 Å². The number of rotatable bonds is 4. The Morgan fingerprint density at radius 1 is 1.12 bits per heavy atom. The van der Waals surface area contributed by atoms with E-state index in [1.807, 2.05) is 13.0 Å². The highest BCUT2D eigenvalue weighted by atomic mass is 32.2. The zero-order valence-corrected chi connectivity index (χ0v) is 14.6. The molecule has 0 N–H and O–H groups in total. The van der Waals surface area contributed by atoms with E-state index in [1.54, 1.807) is 19.1 Å². The number of halogens is 1. The largest absolute Gasteiger partial charge is 0.465 e. The standard InChI is InChI=1S/C17H18FNO4S/c1-11-5-6-12(2)15(9-11)19(3)24(21,22)16-10-13(17(20)23-4)7-8-14(16)18/h5-10H,1-4H3.